The Hall–Kier alpha value is -2.91. The van der Waals surface area contributed by atoms with Crippen LogP contribution in [0, 0.1) is 0 Å². The van der Waals surface area contributed by atoms with Crippen LogP contribution in [-0.4, -0.2) is 39.1 Å². The number of carbonyl (C=O) groups excluding carboxylic acids is 1. The highest BCUT2D eigenvalue weighted by Gasteiger charge is 2.42. The molecule has 1 N–H and O–H groups in total. The van der Waals surface area contributed by atoms with Crippen LogP contribution < -0.4 is 0 Å². The van der Waals surface area contributed by atoms with Gasteiger partial charge in [0, 0.05) is 0 Å². The topological polar surface area (TPSA) is 94.3 Å². The van der Waals surface area contributed by atoms with Crippen LogP contribution in [0.5, 0.6) is 0 Å². The van der Waals surface area contributed by atoms with E-state index in [-0.39, 0.29) is 11.3 Å². The summed E-state index contributed by atoms with van der Waals surface area (Å²) in [6.07, 6.45) is -4.99. The molecule has 0 aliphatic rings. The normalized spacial score (nSPS) is 11.3. The fraction of sp³-hybridized carbons (Fsp3) is 0.167. The van der Waals surface area contributed by atoms with E-state index in [1.807, 2.05) is 0 Å². The summed E-state index contributed by atoms with van der Waals surface area (Å²) in [7, 11) is 1.12. The van der Waals surface area contributed by atoms with Gasteiger partial charge in [0.1, 0.15) is 0 Å². The van der Waals surface area contributed by atoms with E-state index in [4.69, 9.17) is 5.11 Å². The van der Waals surface area contributed by atoms with Gasteiger partial charge in [-0.2, -0.15) is 13.2 Å². The Bertz CT molecular complexity index is 739. The van der Waals surface area contributed by atoms with E-state index < -0.39 is 29.5 Å². The third-order valence-corrected chi connectivity index (χ3v) is 2.65. The van der Waals surface area contributed by atoms with Gasteiger partial charge < -0.3 is 9.84 Å². The van der Waals surface area contributed by atoms with Crippen molar-refractivity contribution in [3.63, 3.8) is 0 Å². The van der Waals surface area contributed by atoms with Gasteiger partial charge in [0.15, 0.2) is 5.69 Å². The molecule has 0 saturated heterocycles. The Morgan fingerprint density at radius 3 is 2.55 bits per heavy atom. The van der Waals surface area contributed by atoms with Crippen molar-refractivity contribution in [1.29, 1.82) is 0 Å². The number of carboxylic acid groups (broad SMARTS) is 1. The lowest BCUT2D eigenvalue weighted by molar-refractivity contribution is -0.143. The monoisotopic (exact) mass is 315 g/mol. The molecule has 0 saturated carbocycles. The summed E-state index contributed by atoms with van der Waals surface area (Å²) in [6.45, 7) is 0. The van der Waals surface area contributed by atoms with E-state index in [2.05, 4.69) is 15.0 Å². The zero-order chi connectivity index (χ0) is 16.5. The summed E-state index contributed by atoms with van der Waals surface area (Å²) in [5, 5.41) is 15.0. The van der Waals surface area contributed by atoms with Gasteiger partial charge in [0.2, 0.25) is 5.69 Å². The minimum absolute atomic E-state index is 0.0134. The summed E-state index contributed by atoms with van der Waals surface area (Å²) in [5.41, 5.74) is -2.95. The maximum atomic E-state index is 13.1. The highest BCUT2D eigenvalue weighted by molar-refractivity contribution is 5.90. The molecule has 1 heterocycles. The number of esters is 1. The van der Waals surface area contributed by atoms with Gasteiger partial charge >= 0.3 is 18.1 Å². The van der Waals surface area contributed by atoms with Crippen molar-refractivity contribution in [2.45, 2.75) is 6.18 Å². The molecule has 0 unspecified atom stereocenters. The number of nitrogens with zero attached hydrogens (tertiary/aromatic N) is 3. The Balaban J connectivity index is 2.63. The third kappa shape index (κ3) is 2.75. The number of methoxy groups -OCH3 is 1. The molecule has 0 aliphatic carbocycles. The Kier molecular flexibility index (Phi) is 3.85. The minimum Gasteiger partial charge on any atom is -0.476 e. The molecular weight excluding hydrogens is 307 g/mol. The number of halogens is 3. The number of hydrogen-bond acceptors (Lipinski definition) is 5. The highest BCUT2D eigenvalue weighted by Crippen LogP contribution is 2.32. The van der Waals surface area contributed by atoms with Gasteiger partial charge in [0.25, 0.3) is 0 Å². The average Bonchev–Trinajstić information content (AvgIpc) is 2.91. The summed E-state index contributed by atoms with van der Waals surface area (Å²) < 4.78 is 44.0. The Morgan fingerprint density at radius 1 is 1.32 bits per heavy atom. The average molecular weight is 315 g/mol. The van der Waals surface area contributed by atoms with Gasteiger partial charge in [-0.25, -0.2) is 14.3 Å². The maximum Gasteiger partial charge on any atom is 0.436 e. The van der Waals surface area contributed by atoms with Crippen LogP contribution >= 0.6 is 0 Å². The molecule has 1 aromatic heterocycles. The Morgan fingerprint density at radius 2 is 2.00 bits per heavy atom. The van der Waals surface area contributed by atoms with Crippen LogP contribution in [0.15, 0.2) is 24.3 Å². The number of aromatic nitrogens is 3. The van der Waals surface area contributed by atoms with Gasteiger partial charge in [-0.3, -0.25) is 0 Å². The van der Waals surface area contributed by atoms with Crippen molar-refractivity contribution in [2.24, 2.45) is 0 Å². The van der Waals surface area contributed by atoms with Crippen molar-refractivity contribution in [1.82, 2.24) is 15.0 Å². The number of rotatable bonds is 3. The van der Waals surface area contributed by atoms with Crippen LogP contribution in [-0.2, 0) is 10.9 Å². The van der Waals surface area contributed by atoms with Gasteiger partial charge in [-0.05, 0) is 18.2 Å². The smallest absolute Gasteiger partial charge is 0.436 e. The van der Waals surface area contributed by atoms with E-state index >= 15 is 0 Å². The van der Waals surface area contributed by atoms with Crippen LogP contribution in [0.2, 0.25) is 0 Å². The van der Waals surface area contributed by atoms with Crippen molar-refractivity contribution in [3.8, 4) is 5.69 Å². The SMILES string of the molecule is COC(=O)c1cccc(-n2nnc(C(=O)O)c2C(F)(F)F)c1. The van der Waals surface area contributed by atoms with E-state index in [0.29, 0.717) is 4.68 Å². The first-order chi connectivity index (χ1) is 10.3. The zero-order valence-corrected chi connectivity index (χ0v) is 11.0. The first-order valence-electron chi connectivity index (χ1n) is 5.70. The number of benzene rings is 1. The number of aromatic carboxylic acids is 1. The van der Waals surface area contributed by atoms with Crippen LogP contribution in [0.4, 0.5) is 13.2 Å². The third-order valence-electron chi connectivity index (χ3n) is 2.65. The second-order valence-electron chi connectivity index (χ2n) is 4.04. The van der Waals surface area contributed by atoms with Crippen molar-refractivity contribution in [3.05, 3.63) is 41.2 Å². The molecular formula is C12H8F3N3O4. The summed E-state index contributed by atoms with van der Waals surface area (Å²) in [5.74, 6) is -2.61. The first-order valence-corrected chi connectivity index (χ1v) is 5.70. The van der Waals surface area contributed by atoms with Crippen molar-refractivity contribution in [2.75, 3.05) is 7.11 Å². The predicted octanol–water partition coefficient (Wildman–Crippen LogP) is 1.77. The second kappa shape index (κ2) is 5.47. The standard InChI is InChI=1S/C12H8F3N3O4/c1-22-11(21)6-3-2-4-7(5-6)18-9(12(13,14)15)8(10(19)20)16-17-18/h2-5H,1H3,(H,19,20). The lowest BCUT2D eigenvalue weighted by atomic mass is 10.2. The second-order valence-corrected chi connectivity index (χ2v) is 4.04. The van der Waals surface area contributed by atoms with Gasteiger partial charge in [-0.15, -0.1) is 5.10 Å². The lowest BCUT2D eigenvalue weighted by Gasteiger charge is -2.10. The number of alkyl halides is 3. The molecule has 1 aromatic carbocycles. The fourth-order valence-corrected chi connectivity index (χ4v) is 1.74. The quantitative estimate of drug-likeness (QED) is 0.868. The molecule has 7 nitrogen and oxygen atoms in total. The predicted molar refractivity (Wildman–Crippen MR) is 64.7 cm³/mol. The van der Waals surface area contributed by atoms with E-state index in [1.54, 1.807) is 0 Å². The van der Waals surface area contributed by atoms with Crippen LogP contribution in [0.25, 0.3) is 5.69 Å². The van der Waals surface area contributed by atoms with Gasteiger partial charge in [0.05, 0.1) is 18.4 Å². The number of carbonyl (C=O) groups is 2. The van der Waals surface area contributed by atoms with Crippen molar-refractivity contribution >= 4 is 11.9 Å². The van der Waals surface area contributed by atoms with Crippen LogP contribution in [0.1, 0.15) is 26.5 Å². The molecule has 2 rings (SSSR count). The van der Waals surface area contributed by atoms with Crippen molar-refractivity contribution < 1.29 is 32.6 Å². The molecule has 22 heavy (non-hydrogen) atoms. The lowest BCUT2D eigenvalue weighted by Crippen LogP contribution is -2.17. The largest absolute Gasteiger partial charge is 0.476 e. The highest BCUT2D eigenvalue weighted by atomic mass is 19.4. The molecule has 0 spiro atoms. The van der Waals surface area contributed by atoms with E-state index in [0.717, 1.165) is 13.2 Å². The zero-order valence-electron chi connectivity index (χ0n) is 11.0. The minimum atomic E-state index is -4.99. The molecule has 0 atom stereocenters. The molecule has 0 bridgehead atoms. The molecule has 0 radical (unpaired) electrons. The molecule has 116 valence electrons. The molecule has 0 fully saturated rings. The van der Waals surface area contributed by atoms with Gasteiger partial charge in [-0.1, -0.05) is 11.3 Å². The maximum absolute atomic E-state index is 13.1. The number of hydrogen-bond donors (Lipinski definition) is 1. The summed E-state index contributed by atoms with van der Waals surface area (Å²) in [4.78, 5) is 22.3. The number of carboxylic acids is 1. The van der Waals surface area contributed by atoms with E-state index in [9.17, 15) is 22.8 Å². The molecule has 10 heteroatoms. The Labute approximate surface area is 120 Å². The number of ether oxygens (including phenoxy) is 1. The molecule has 0 aliphatic heterocycles. The summed E-state index contributed by atoms with van der Waals surface area (Å²) in [6, 6.07) is 4.95. The fourth-order valence-electron chi connectivity index (χ4n) is 1.74. The van der Waals surface area contributed by atoms with Crippen LogP contribution in [0.3, 0.4) is 0 Å². The van der Waals surface area contributed by atoms with E-state index in [1.165, 1.54) is 18.2 Å². The molecule has 0 amide bonds. The summed E-state index contributed by atoms with van der Waals surface area (Å²) >= 11 is 0. The first kappa shape index (κ1) is 15.5. The molecule has 2 aromatic rings.